The maximum absolute atomic E-state index is 12.2. The first kappa shape index (κ1) is 20.3. The maximum atomic E-state index is 12.2. The molecule has 0 saturated heterocycles. The maximum Gasteiger partial charge on any atom is 0.258 e. The van der Waals surface area contributed by atoms with Crippen LogP contribution in [0.5, 0.6) is 11.5 Å². The second-order valence-corrected chi connectivity index (χ2v) is 6.01. The van der Waals surface area contributed by atoms with Crippen LogP contribution >= 0.6 is 12.4 Å². The molecule has 1 aliphatic carbocycles. The summed E-state index contributed by atoms with van der Waals surface area (Å²) in [6.07, 6.45) is 6.68. The minimum Gasteiger partial charge on any atom is -0.493 e. The molecule has 0 unspecified atom stereocenters. The minimum atomic E-state index is -0.252. The lowest BCUT2D eigenvalue weighted by Gasteiger charge is -2.28. The lowest BCUT2D eigenvalue weighted by atomic mass is 9.98. The number of rotatable bonds is 8. The number of ether oxygens (including phenoxy) is 2. The molecule has 1 amide bonds. The summed E-state index contributed by atoms with van der Waals surface area (Å²) in [6.45, 7) is 4.15. The second kappa shape index (κ2) is 9.55. The second-order valence-electron chi connectivity index (χ2n) is 6.01. The molecule has 2 rings (SSSR count). The molecule has 1 saturated carbocycles. The Hall–Kier alpha value is -1.72. The van der Waals surface area contributed by atoms with Gasteiger partial charge in [0.05, 0.1) is 12.6 Å². The molecule has 134 valence electrons. The lowest BCUT2D eigenvalue weighted by molar-refractivity contribution is -0.124. The van der Waals surface area contributed by atoms with Crippen molar-refractivity contribution in [2.75, 3.05) is 20.3 Å². The fourth-order valence-corrected chi connectivity index (χ4v) is 3.03. The number of carbonyl (C=O) groups is 1. The number of nitrogens with one attached hydrogen (secondary N) is 1. The van der Waals surface area contributed by atoms with Crippen molar-refractivity contribution in [2.45, 2.75) is 37.6 Å². The summed E-state index contributed by atoms with van der Waals surface area (Å²) in [5, 5.41) is 3.04. The summed E-state index contributed by atoms with van der Waals surface area (Å²) in [6, 6.07) is 5.66. The van der Waals surface area contributed by atoms with Crippen LogP contribution in [0.4, 0.5) is 0 Å². The van der Waals surface area contributed by atoms with Gasteiger partial charge in [-0.25, -0.2) is 0 Å². The van der Waals surface area contributed by atoms with Crippen molar-refractivity contribution < 1.29 is 14.3 Å². The molecule has 0 aliphatic heterocycles. The first-order valence-electron chi connectivity index (χ1n) is 8.04. The van der Waals surface area contributed by atoms with Gasteiger partial charge in [-0.05, 0) is 37.0 Å². The zero-order chi connectivity index (χ0) is 16.7. The van der Waals surface area contributed by atoms with E-state index in [4.69, 9.17) is 15.2 Å². The first-order chi connectivity index (χ1) is 11.1. The van der Waals surface area contributed by atoms with Crippen molar-refractivity contribution in [1.82, 2.24) is 5.32 Å². The fraction of sp³-hybridized carbons (Fsp3) is 0.500. The average molecular weight is 355 g/mol. The molecule has 0 heterocycles. The minimum absolute atomic E-state index is 0. The Labute approximate surface area is 150 Å². The number of methoxy groups -OCH3 is 1. The number of carbonyl (C=O) groups excluding carboxylic acids is 1. The quantitative estimate of drug-likeness (QED) is 0.704. The van der Waals surface area contributed by atoms with Gasteiger partial charge in [-0.15, -0.1) is 19.0 Å². The van der Waals surface area contributed by atoms with Crippen molar-refractivity contribution in [3.63, 3.8) is 0 Å². The van der Waals surface area contributed by atoms with Gasteiger partial charge < -0.3 is 20.5 Å². The Morgan fingerprint density at radius 2 is 2.08 bits per heavy atom. The van der Waals surface area contributed by atoms with E-state index in [1.54, 1.807) is 7.11 Å². The Kier molecular flexibility index (Phi) is 8.08. The van der Waals surface area contributed by atoms with Gasteiger partial charge in [0, 0.05) is 6.54 Å². The highest BCUT2D eigenvalue weighted by Crippen LogP contribution is 2.30. The third-order valence-electron chi connectivity index (χ3n) is 4.32. The van der Waals surface area contributed by atoms with Crippen molar-refractivity contribution in [1.29, 1.82) is 0 Å². The van der Waals surface area contributed by atoms with E-state index in [0.717, 1.165) is 37.7 Å². The smallest absolute Gasteiger partial charge is 0.258 e. The highest BCUT2D eigenvalue weighted by atomic mass is 35.5. The highest BCUT2D eigenvalue weighted by molar-refractivity contribution is 5.85. The largest absolute Gasteiger partial charge is 0.493 e. The van der Waals surface area contributed by atoms with Crippen LogP contribution in [0.1, 0.15) is 31.2 Å². The van der Waals surface area contributed by atoms with Crippen molar-refractivity contribution in [3.8, 4) is 11.5 Å². The van der Waals surface area contributed by atoms with Gasteiger partial charge in [0.15, 0.2) is 18.1 Å². The molecule has 0 spiro atoms. The molecule has 1 aromatic carbocycles. The van der Waals surface area contributed by atoms with Gasteiger partial charge in [-0.2, -0.15) is 0 Å². The van der Waals surface area contributed by atoms with Gasteiger partial charge in [-0.3, -0.25) is 4.79 Å². The predicted molar refractivity (Wildman–Crippen MR) is 98.0 cm³/mol. The predicted octanol–water partition coefficient (Wildman–Crippen LogP) is 2.61. The van der Waals surface area contributed by atoms with Crippen LogP contribution in [-0.2, 0) is 11.2 Å². The van der Waals surface area contributed by atoms with Gasteiger partial charge in [0.2, 0.25) is 0 Å². The molecular weight excluding hydrogens is 328 g/mol. The first-order valence-corrected chi connectivity index (χ1v) is 8.04. The molecule has 6 heteroatoms. The fourth-order valence-electron chi connectivity index (χ4n) is 3.03. The summed E-state index contributed by atoms with van der Waals surface area (Å²) < 4.78 is 10.9. The number of hydrogen-bond donors (Lipinski definition) is 2. The SMILES string of the molecule is C=CCc1ccc(OCC(=O)NC2(CN)CCCC2)c(OC)c1.Cl. The molecule has 5 nitrogen and oxygen atoms in total. The molecule has 0 bridgehead atoms. The third kappa shape index (κ3) is 5.14. The molecule has 0 radical (unpaired) electrons. The van der Waals surface area contributed by atoms with E-state index in [-0.39, 0.29) is 30.5 Å². The van der Waals surface area contributed by atoms with Crippen LogP contribution in [0.3, 0.4) is 0 Å². The van der Waals surface area contributed by atoms with Gasteiger partial charge in [0.25, 0.3) is 5.91 Å². The van der Waals surface area contributed by atoms with Crippen molar-refractivity contribution in [2.24, 2.45) is 5.73 Å². The van der Waals surface area contributed by atoms with E-state index in [1.165, 1.54) is 0 Å². The molecule has 3 N–H and O–H groups in total. The summed E-state index contributed by atoms with van der Waals surface area (Å²) in [7, 11) is 1.59. The van der Waals surface area contributed by atoms with Crippen LogP contribution in [0.15, 0.2) is 30.9 Å². The summed E-state index contributed by atoms with van der Waals surface area (Å²) in [5.41, 5.74) is 6.66. The Bertz CT molecular complexity index is 557. The molecule has 0 atom stereocenters. The Morgan fingerprint density at radius 3 is 2.67 bits per heavy atom. The van der Waals surface area contributed by atoms with Crippen LogP contribution in [0.25, 0.3) is 0 Å². The van der Waals surface area contributed by atoms with Crippen LogP contribution < -0.4 is 20.5 Å². The van der Waals surface area contributed by atoms with E-state index in [0.29, 0.717) is 18.0 Å². The van der Waals surface area contributed by atoms with E-state index in [9.17, 15) is 4.79 Å². The normalized spacial score (nSPS) is 15.2. The van der Waals surface area contributed by atoms with Gasteiger partial charge >= 0.3 is 0 Å². The standard InChI is InChI=1S/C18H26N2O3.ClH/c1-3-6-14-7-8-15(16(11-14)22-2)23-12-17(21)20-18(13-19)9-4-5-10-18;/h3,7-8,11H,1,4-6,9-10,12-13,19H2,2H3,(H,20,21);1H. The van der Waals surface area contributed by atoms with Crippen LogP contribution in [0, 0.1) is 0 Å². The molecule has 24 heavy (non-hydrogen) atoms. The van der Waals surface area contributed by atoms with E-state index in [1.807, 2.05) is 24.3 Å². The van der Waals surface area contributed by atoms with Gasteiger partial charge in [-0.1, -0.05) is 25.0 Å². The molecule has 1 aromatic rings. The van der Waals surface area contributed by atoms with E-state index in [2.05, 4.69) is 11.9 Å². The Morgan fingerprint density at radius 1 is 1.38 bits per heavy atom. The number of halogens is 1. The topological polar surface area (TPSA) is 73.6 Å². The zero-order valence-electron chi connectivity index (χ0n) is 14.2. The van der Waals surface area contributed by atoms with Crippen LogP contribution in [0.2, 0.25) is 0 Å². The summed E-state index contributed by atoms with van der Waals surface area (Å²) in [4.78, 5) is 12.2. The monoisotopic (exact) mass is 354 g/mol. The van der Waals surface area contributed by atoms with Gasteiger partial charge in [0.1, 0.15) is 0 Å². The van der Waals surface area contributed by atoms with Crippen LogP contribution in [-0.4, -0.2) is 31.7 Å². The average Bonchev–Trinajstić information content (AvgIpc) is 3.02. The molecular formula is C18H27ClN2O3. The lowest BCUT2D eigenvalue weighted by Crippen LogP contribution is -2.52. The van der Waals surface area contributed by atoms with E-state index >= 15 is 0 Å². The highest BCUT2D eigenvalue weighted by Gasteiger charge is 2.33. The number of hydrogen-bond acceptors (Lipinski definition) is 4. The van der Waals surface area contributed by atoms with E-state index < -0.39 is 0 Å². The molecule has 1 aliphatic rings. The zero-order valence-corrected chi connectivity index (χ0v) is 15.0. The molecule has 0 aromatic heterocycles. The van der Waals surface area contributed by atoms with Crippen molar-refractivity contribution in [3.05, 3.63) is 36.4 Å². The summed E-state index contributed by atoms with van der Waals surface area (Å²) >= 11 is 0. The number of allylic oxidation sites excluding steroid dienone is 1. The number of amides is 1. The number of nitrogens with two attached hydrogens (primary N) is 1. The number of benzene rings is 1. The van der Waals surface area contributed by atoms with Crippen molar-refractivity contribution >= 4 is 18.3 Å². The molecule has 1 fully saturated rings. The Balaban J connectivity index is 0.00000288. The summed E-state index contributed by atoms with van der Waals surface area (Å²) in [5.74, 6) is 1.03. The third-order valence-corrected chi connectivity index (χ3v) is 4.32.